The number of carbonyl (C=O) groups excluding carboxylic acids is 2. The zero-order valence-corrected chi connectivity index (χ0v) is 17.9. The van der Waals surface area contributed by atoms with Crippen LogP contribution < -0.4 is 10.1 Å². The van der Waals surface area contributed by atoms with Gasteiger partial charge in [0.15, 0.2) is 0 Å². The average molecular weight is 420 g/mol. The summed E-state index contributed by atoms with van der Waals surface area (Å²) in [5, 5.41) is 2.79. The summed E-state index contributed by atoms with van der Waals surface area (Å²) in [6.45, 7) is 0.174. The van der Waals surface area contributed by atoms with Crippen LogP contribution in [0.2, 0.25) is 0 Å². The van der Waals surface area contributed by atoms with Crippen LogP contribution in [0.15, 0.2) is 53.4 Å². The number of rotatable bonds is 10. The Morgan fingerprint density at radius 1 is 1.07 bits per heavy atom. The maximum atomic E-state index is 12.6. The van der Waals surface area contributed by atoms with Crippen LogP contribution in [0.4, 0.5) is 0 Å². The molecular weight excluding hydrogens is 394 g/mol. The van der Waals surface area contributed by atoms with Crippen LogP contribution in [0.5, 0.6) is 5.75 Å². The molecule has 0 aliphatic heterocycles. The second-order valence-corrected chi connectivity index (χ2v) is 7.83. The molecule has 28 heavy (non-hydrogen) atoms. The van der Waals surface area contributed by atoms with E-state index in [1.165, 1.54) is 7.11 Å². The molecule has 150 valence electrons. The third-order valence-electron chi connectivity index (χ3n) is 4.09. The van der Waals surface area contributed by atoms with E-state index in [1.54, 1.807) is 47.8 Å². The summed E-state index contributed by atoms with van der Waals surface area (Å²) in [4.78, 5) is 26.4. The summed E-state index contributed by atoms with van der Waals surface area (Å²) < 4.78 is 10.7. The van der Waals surface area contributed by atoms with E-state index in [0.717, 1.165) is 16.2 Å². The van der Waals surface area contributed by atoms with E-state index >= 15 is 0 Å². The topological polar surface area (TPSA) is 64.6 Å². The second-order valence-electron chi connectivity index (χ2n) is 5.96. The van der Waals surface area contributed by atoms with Gasteiger partial charge in [-0.2, -0.15) is 11.8 Å². The fourth-order valence-electron chi connectivity index (χ4n) is 2.53. The van der Waals surface area contributed by atoms with E-state index in [-0.39, 0.29) is 12.5 Å². The number of carbonyl (C=O) groups is 2. The molecule has 0 saturated carbocycles. The highest BCUT2D eigenvalue weighted by Gasteiger charge is 2.24. The van der Waals surface area contributed by atoms with Gasteiger partial charge in [0.1, 0.15) is 18.4 Å². The number of benzene rings is 2. The standard InChI is InChI=1S/C21H25NO4S2/c1-25-19-7-5-4-6-17(19)20(23)22-18(12-13-27-2)21(24)26-14-15-8-10-16(28-3)11-9-15/h4-11,18H,12-14H2,1-3H3,(H,22,23)/t18-/m1/s1. The molecule has 7 heteroatoms. The smallest absolute Gasteiger partial charge is 0.329 e. The van der Waals surface area contributed by atoms with Crippen molar-refractivity contribution in [2.75, 3.05) is 25.4 Å². The lowest BCUT2D eigenvalue weighted by Gasteiger charge is -2.18. The molecule has 0 fully saturated rings. The van der Waals surface area contributed by atoms with Crippen molar-refractivity contribution in [3.8, 4) is 5.75 Å². The van der Waals surface area contributed by atoms with Crippen molar-refractivity contribution in [2.45, 2.75) is 24.0 Å². The summed E-state index contributed by atoms with van der Waals surface area (Å²) in [5.41, 5.74) is 1.30. The van der Waals surface area contributed by atoms with Crippen molar-refractivity contribution in [2.24, 2.45) is 0 Å². The van der Waals surface area contributed by atoms with E-state index in [9.17, 15) is 9.59 Å². The summed E-state index contributed by atoms with van der Waals surface area (Å²) in [6, 6.07) is 14.1. The lowest BCUT2D eigenvalue weighted by Crippen LogP contribution is -2.42. The monoisotopic (exact) mass is 419 g/mol. The van der Waals surface area contributed by atoms with E-state index in [4.69, 9.17) is 9.47 Å². The molecule has 0 spiro atoms. The third kappa shape index (κ3) is 6.49. The van der Waals surface area contributed by atoms with Gasteiger partial charge in [0.2, 0.25) is 0 Å². The van der Waals surface area contributed by atoms with Gasteiger partial charge in [-0.3, -0.25) is 4.79 Å². The normalized spacial score (nSPS) is 11.5. The number of hydrogen-bond donors (Lipinski definition) is 1. The Morgan fingerprint density at radius 3 is 2.43 bits per heavy atom. The van der Waals surface area contributed by atoms with Crippen LogP contribution >= 0.6 is 23.5 Å². The summed E-state index contributed by atoms with van der Waals surface area (Å²) >= 11 is 3.27. The van der Waals surface area contributed by atoms with Gasteiger partial charge in [-0.15, -0.1) is 11.8 Å². The molecule has 0 saturated heterocycles. The zero-order valence-electron chi connectivity index (χ0n) is 16.3. The second kappa shape index (κ2) is 11.7. The molecule has 0 unspecified atom stereocenters. The maximum absolute atomic E-state index is 12.6. The highest BCUT2D eigenvalue weighted by molar-refractivity contribution is 7.98. The molecule has 0 aliphatic rings. The molecule has 0 radical (unpaired) electrons. The predicted molar refractivity (Wildman–Crippen MR) is 115 cm³/mol. The highest BCUT2D eigenvalue weighted by atomic mass is 32.2. The Labute approximate surface area is 174 Å². The van der Waals surface area contributed by atoms with E-state index in [2.05, 4.69) is 5.32 Å². The van der Waals surface area contributed by atoms with Gasteiger partial charge in [0, 0.05) is 4.90 Å². The van der Waals surface area contributed by atoms with Crippen LogP contribution in [-0.4, -0.2) is 43.3 Å². The van der Waals surface area contributed by atoms with E-state index in [0.29, 0.717) is 17.7 Å². The number of methoxy groups -OCH3 is 1. The minimum atomic E-state index is -0.713. The fraction of sp³-hybridized carbons (Fsp3) is 0.333. The first-order valence-corrected chi connectivity index (χ1v) is 11.4. The Balaban J connectivity index is 2.02. The van der Waals surface area contributed by atoms with Crippen LogP contribution in [0.1, 0.15) is 22.3 Å². The summed E-state index contributed by atoms with van der Waals surface area (Å²) in [6.07, 6.45) is 4.46. The molecule has 2 rings (SSSR count). The first-order chi connectivity index (χ1) is 13.6. The van der Waals surface area contributed by atoms with Crippen molar-refractivity contribution >= 4 is 35.4 Å². The molecule has 5 nitrogen and oxygen atoms in total. The lowest BCUT2D eigenvalue weighted by atomic mass is 10.1. The van der Waals surface area contributed by atoms with Crippen molar-refractivity contribution in [1.82, 2.24) is 5.32 Å². The Hall–Kier alpha value is -2.12. The number of amides is 1. The quantitative estimate of drug-likeness (QED) is 0.464. The molecular formula is C21H25NO4S2. The van der Waals surface area contributed by atoms with Crippen molar-refractivity contribution < 1.29 is 19.1 Å². The predicted octanol–water partition coefficient (Wildman–Crippen LogP) is 4.01. The molecule has 2 aromatic carbocycles. The minimum absolute atomic E-state index is 0.174. The molecule has 0 bridgehead atoms. The first kappa shape index (κ1) is 22.2. The number of thioether (sulfide) groups is 2. The summed E-state index contributed by atoms with van der Waals surface area (Å²) in [5.74, 6) is 0.399. The van der Waals surface area contributed by atoms with Gasteiger partial charge in [-0.25, -0.2) is 4.79 Å². The molecule has 1 N–H and O–H groups in total. The number of esters is 1. The van der Waals surface area contributed by atoms with Crippen LogP contribution in [0, 0.1) is 0 Å². The fourth-order valence-corrected chi connectivity index (χ4v) is 3.41. The SMILES string of the molecule is COc1ccccc1C(=O)N[C@H](CCSC)C(=O)OCc1ccc(SC)cc1. The molecule has 0 aromatic heterocycles. The Kier molecular flexibility index (Phi) is 9.23. The summed E-state index contributed by atoms with van der Waals surface area (Å²) in [7, 11) is 1.51. The molecule has 1 amide bonds. The van der Waals surface area contributed by atoms with Gasteiger partial charge < -0.3 is 14.8 Å². The maximum Gasteiger partial charge on any atom is 0.329 e. The molecule has 0 heterocycles. The highest BCUT2D eigenvalue weighted by Crippen LogP contribution is 2.18. The van der Waals surface area contributed by atoms with Gasteiger partial charge in [-0.1, -0.05) is 24.3 Å². The van der Waals surface area contributed by atoms with Crippen molar-refractivity contribution in [3.05, 3.63) is 59.7 Å². The van der Waals surface area contributed by atoms with Gasteiger partial charge in [0.05, 0.1) is 12.7 Å². The van der Waals surface area contributed by atoms with E-state index < -0.39 is 12.0 Å². The number of nitrogens with one attached hydrogen (secondary N) is 1. The minimum Gasteiger partial charge on any atom is -0.496 e. The average Bonchev–Trinajstić information content (AvgIpc) is 2.75. The number of hydrogen-bond acceptors (Lipinski definition) is 6. The van der Waals surface area contributed by atoms with Crippen molar-refractivity contribution in [1.29, 1.82) is 0 Å². The van der Waals surface area contributed by atoms with Crippen LogP contribution in [0.3, 0.4) is 0 Å². The van der Waals surface area contributed by atoms with Crippen LogP contribution in [-0.2, 0) is 16.1 Å². The molecule has 0 aliphatic carbocycles. The molecule has 1 atom stereocenters. The van der Waals surface area contributed by atoms with Gasteiger partial charge in [-0.05, 0) is 54.5 Å². The van der Waals surface area contributed by atoms with Gasteiger partial charge >= 0.3 is 5.97 Å². The largest absolute Gasteiger partial charge is 0.496 e. The molecule has 2 aromatic rings. The zero-order chi connectivity index (χ0) is 20.4. The third-order valence-corrected chi connectivity index (χ3v) is 5.48. The van der Waals surface area contributed by atoms with E-state index in [1.807, 2.05) is 36.8 Å². The number of para-hydroxylation sites is 1. The lowest BCUT2D eigenvalue weighted by molar-refractivity contribution is -0.147. The van der Waals surface area contributed by atoms with Gasteiger partial charge in [0.25, 0.3) is 5.91 Å². The van der Waals surface area contributed by atoms with Crippen molar-refractivity contribution in [3.63, 3.8) is 0 Å². The Morgan fingerprint density at radius 2 is 1.79 bits per heavy atom. The van der Waals surface area contributed by atoms with Crippen LogP contribution in [0.25, 0.3) is 0 Å². The Bertz CT molecular complexity index is 780. The first-order valence-electron chi connectivity index (χ1n) is 8.81. The number of ether oxygens (including phenoxy) is 2.